The molecule has 0 saturated carbocycles. The maximum absolute atomic E-state index is 12.3. The molecule has 5 heteroatoms. The van der Waals surface area contributed by atoms with Gasteiger partial charge in [0, 0.05) is 6.07 Å². The predicted molar refractivity (Wildman–Crippen MR) is 84.8 cm³/mol. The highest BCUT2D eigenvalue weighted by atomic mass is 16.6. The fourth-order valence-corrected chi connectivity index (χ4v) is 2.22. The van der Waals surface area contributed by atoms with E-state index in [1.54, 1.807) is 12.1 Å². The largest absolute Gasteiger partial charge is 0.345 e. The van der Waals surface area contributed by atoms with E-state index in [9.17, 15) is 14.9 Å². The maximum Gasteiger partial charge on any atom is 0.282 e. The van der Waals surface area contributed by atoms with Crippen LogP contribution in [0.2, 0.25) is 0 Å². The Morgan fingerprint density at radius 3 is 2.41 bits per heavy atom. The van der Waals surface area contributed by atoms with Crippen LogP contribution in [0.25, 0.3) is 0 Å². The van der Waals surface area contributed by atoms with Gasteiger partial charge in [0.1, 0.15) is 5.56 Å². The van der Waals surface area contributed by atoms with Crippen LogP contribution in [0.15, 0.2) is 48.5 Å². The molecule has 0 aromatic heterocycles. The average Bonchev–Trinajstić information content (AvgIpc) is 2.54. The van der Waals surface area contributed by atoms with E-state index in [1.165, 1.54) is 17.7 Å². The molecule has 1 amide bonds. The second kappa shape index (κ2) is 6.85. The number of para-hydroxylation sites is 1. The Hall–Kier alpha value is -2.69. The lowest BCUT2D eigenvalue weighted by molar-refractivity contribution is -0.385. The van der Waals surface area contributed by atoms with Gasteiger partial charge in [-0.05, 0) is 30.5 Å². The molecule has 0 fully saturated rings. The summed E-state index contributed by atoms with van der Waals surface area (Å²) in [5, 5.41) is 13.8. The van der Waals surface area contributed by atoms with Crippen LogP contribution in [-0.2, 0) is 6.42 Å². The summed E-state index contributed by atoms with van der Waals surface area (Å²) in [6.07, 6.45) is 0.956. The monoisotopic (exact) mass is 298 g/mol. The Morgan fingerprint density at radius 2 is 1.82 bits per heavy atom. The molecule has 1 N–H and O–H groups in total. The zero-order valence-corrected chi connectivity index (χ0v) is 12.6. The van der Waals surface area contributed by atoms with Crippen molar-refractivity contribution in [1.82, 2.24) is 5.32 Å². The van der Waals surface area contributed by atoms with E-state index < -0.39 is 10.8 Å². The zero-order chi connectivity index (χ0) is 16.1. The summed E-state index contributed by atoms with van der Waals surface area (Å²) in [5.74, 6) is -0.445. The fourth-order valence-electron chi connectivity index (χ4n) is 2.22. The van der Waals surface area contributed by atoms with Gasteiger partial charge in [-0.3, -0.25) is 14.9 Å². The Labute approximate surface area is 129 Å². The normalized spacial score (nSPS) is 11.7. The number of nitrogens with one attached hydrogen (secondary N) is 1. The summed E-state index contributed by atoms with van der Waals surface area (Å²) in [6, 6.07) is 13.7. The van der Waals surface area contributed by atoms with Gasteiger partial charge in [0.2, 0.25) is 0 Å². The van der Waals surface area contributed by atoms with E-state index >= 15 is 0 Å². The van der Waals surface area contributed by atoms with Crippen LogP contribution in [0.5, 0.6) is 0 Å². The molecule has 0 bridgehead atoms. The van der Waals surface area contributed by atoms with E-state index in [1.807, 2.05) is 31.2 Å². The van der Waals surface area contributed by atoms with E-state index in [-0.39, 0.29) is 17.3 Å². The quantitative estimate of drug-likeness (QED) is 0.676. The highest BCUT2D eigenvalue weighted by Crippen LogP contribution is 2.20. The van der Waals surface area contributed by atoms with Crippen LogP contribution in [-0.4, -0.2) is 10.8 Å². The molecule has 22 heavy (non-hydrogen) atoms. The number of hydrogen-bond donors (Lipinski definition) is 1. The molecule has 0 spiro atoms. The number of benzene rings is 2. The van der Waals surface area contributed by atoms with Crippen molar-refractivity contribution in [2.75, 3.05) is 0 Å². The lowest BCUT2D eigenvalue weighted by atomic mass is 10.0. The SMILES string of the molecule is CCc1ccc(C(C)NC(=O)c2ccccc2[N+](=O)[O-])cc1. The number of nitro benzene ring substituents is 1. The minimum Gasteiger partial charge on any atom is -0.345 e. The number of amides is 1. The Balaban J connectivity index is 2.16. The van der Waals surface area contributed by atoms with Crippen LogP contribution in [0, 0.1) is 10.1 Å². The molecule has 2 aromatic rings. The van der Waals surface area contributed by atoms with Gasteiger partial charge in [-0.2, -0.15) is 0 Å². The van der Waals surface area contributed by atoms with Gasteiger partial charge in [0.05, 0.1) is 11.0 Å². The number of hydrogen-bond acceptors (Lipinski definition) is 3. The lowest BCUT2D eigenvalue weighted by Gasteiger charge is -2.15. The van der Waals surface area contributed by atoms with E-state index in [4.69, 9.17) is 0 Å². The number of aryl methyl sites for hydroxylation is 1. The van der Waals surface area contributed by atoms with E-state index in [0.717, 1.165) is 12.0 Å². The second-order valence-electron chi connectivity index (χ2n) is 5.06. The van der Waals surface area contributed by atoms with Gasteiger partial charge in [0.15, 0.2) is 0 Å². The van der Waals surface area contributed by atoms with Crippen LogP contribution >= 0.6 is 0 Å². The van der Waals surface area contributed by atoms with Crippen molar-refractivity contribution in [3.05, 3.63) is 75.3 Å². The van der Waals surface area contributed by atoms with Gasteiger partial charge in [-0.15, -0.1) is 0 Å². The molecule has 1 atom stereocenters. The first kappa shape index (κ1) is 15.7. The Morgan fingerprint density at radius 1 is 1.18 bits per heavy atom. The number of carbonyl (C=O) groups excluding carboxylic acids is 1. The zero-order valence-electron chi connectivity index (χ0n) is 12.6. The van der Waals surface area contributed by atoms with Crippen molar-refractivity contribution < 1.29 is 9.72 Å². The molecule has 114 valence electrons. The van der Waals surface area contributed by atoms with Crippen molar-refractivity contribution >= 4 is 11.6 Å². The molecule has 0 radical (unpaired) electrons. The molecule has 0 heterocycles. The summed E-state index contributed by atoms with van der Waals surface area (Å²) in [4.78, 5) is 22.7. The van der Waals surface area contributed by atoms with Crippen molar-refractivity contribution in [2.24, 2.45) is 0 Å². The van der Waals surface area contributed by atoms with Crippen LogP contribution in [0.4, 0.5) is 5.69 Å². The summed E-state index contributed by atoms with van der Waals surface area (Å²) < 4.78 is 0. The van der Waals surface area contributed by atoms with Gasteiger partial charge < -0.3 is 5.32 Å². The highest BCUT2D eigenvalue weighted by molar-refractivity contribution is 5.98. The van der Waals surface area contributed by atoms with Crippen LogP contribution < -0.4 is 5.32 Å². The second-order valence-corrected chi connectivity index (χ2v) is 5.06. The van der Waals surface area contributed by atoms with Crippen molar-refractivity contribution in [3.63, 3.8) is 0 Å². The number of nitro groups is 1. The summed E-state index contributed by atoms with van der Waals surface area (Å²) in [5.41, 5.74) is 2.07. The third-order valence-electron chi connectivity index (χ3n) is 3.58. The Bertz CT molecular complexity index is 681. The van der Waals surface area contributed by atoms with Crippen LogP contribution in [0.3, 0.4) is 0 Å². The molecule has 0 aliphatic heterocycles. The first-order valence-corrected chi connectivity index (χ1v) is 7.16. The number of carbonyl (C=O) groups is 1. The molecular formula is C17H18N2O3. The molecule has 2 aromatic carbocycles. The van der Waals surface area contributed by atoms with Crippen molar-refractivity contribution in [1.29, 1.82) is 0 Å². The van der Waals surface area contributed by atoms with Gasteiger partial charge >= 0.3 is 0 Å². The van der Waals surface area contributed by atoms with Gasteiger partial charge in [0.25, 0.3) is 11.6 Å². The predicted octanol–water partition coefficient (Wildman–Crippen LogP) is 3.65. The van der Waals surface area contributed by atoms with Gasteiger partial charge in [-0.1, -0.05) is 43.3 Å². The minimum absolute atomic E-state index is 0.0736. The third kappa shape index (κ3) is 3.49. The van der Waals surface area contributed by atoms with Crippen molar-refractivity contribution in [2.45, 2.75) is 26.3 Å². The first-order chi connectivity index (χ1) is 10.5. The minimum atomic E-state index is -0.546. The lowest BCUT2D eigenvalue weighted by Crippen LogP contribution is -2.27. The number of nitrogens with zero attached hydrogens (tertiary/aromatic N) is 1. The maximum atomic E-state index is 12.3. The topological polar surface area (TPSA) is 72.2 Å². The first-order valence-electron chi connectivity index (χ1n) is 7.16. The van der Waals surface area contributed by atoms with E-state index in [0.29, 0.717) is 0 Å². The summed E-state index contributed by atoms with van der Waals surface area (Å²) in [7, 11) is 0. The smallest absolute Gasteiger partial charge is 0.282 e. The van der Waals surface area contributed by atoms with Crippen LogP contribution in [0.1, 0.15) is 41.4 Å². The molecule has 0 saturated heterocycles. The number of rotatable bonds is 5. The summed E-state index contributed by atoms with van der Waals surface area (Å²) in [6.45, 7) is 3.93. The molecule has 1 unspecified atom stereocenters. The molecule has 0 aliphatic rings. The highest BCUT2D eigenvalue weighted by Gasteiger charge is 2.20. The van der Waals surface area contributed by atoms with E-state index in [2.05, 4.69) is 12.2 Å². The average molecular weight is 298 g/mol. The molecule has 5 nitrogen and oxygen atoms in total. The molecular weight excluding hydrogens is 280 g/mol. The summed E-state index contributed by atoms with van der Waals surface area (Å²) >= 11 is 0. The third-order valence-corrected chi connectivity index (χ3v) is 3.58. The molecule has 0 aliphatic carbocycles. The standard InChI is InChI=1S/C17H18N2O3/c1-3-13-8-10-14(11-9-13)12(2)18-17(20)15-6-4-5-7-16(15)19(21)22/h4-12H,3H2,1-2H3,(H,18,20). The van der Waals surface area contributed by atoms with Gasteiger partial charge in [-0.25, -0.2) is 0 Å². The fraction of sp³-hybridized carbons (Fsp3) is 0.235. The van der Waals surface area contributed by atoms with Crippen molar-refractivity contribution in [3.8, 4) is 0 Å². The Kier molecular flexibility index (Phi) is 4.88. The molecule has 2 rings (SSSR count).